The quantitative estimate of drug-likeness (QED) is 0.107. The average molecular weight is 904 g/mol. The van der Waals surface area contributed by atoms with Gasteiger partial charge in [-0.15, -0.1) is 0 Å². The Labute approximate surface area is 374 Å². The number of hydrogen-bond donors (Lipinski definition) is 3. The van der Waals surface area contributed by atoms with E-state index in [0.717, 1.165) is 62.1 Å². The Bertz CT molecular complexity index is 2560. The Morgan fingerprint density at radius 3 is 1.49 bits per heavy atom. The fourth-order valence-corrected chi connectivity index (χ4v) is 8.25. The van der Waals surface area contributed by atoms with Crippen LogP contribution in [0.2, 0.25) is 10.0 Å². The second kappa shape index (κ2) is 20.6. The van der Waals surface area contributed by atoms with E-state index in [1.54, 1.807) is 33.3 Å². The molecule has 1 amide bonds. The fraction of sp³-hybridized carbons (Fsp3) is 0.370. The van der Waals surface area contributed by atoms with Gasteiger partial charge in [-0.05, 0) is 107 Å². The summed E-state index contributed by atoms with van der Waals surface area (Å²) in [6.45, 7) is 1.59. The molecule has 0 saturated heterocycles. The van der Waals surface area contributed by atoms with Crippen molar-refractivity contribution in [2.75, 3.05) is 38.9 Å². The number of carbonyl (C=O) groups is 1. The number of amides is 1. The smallest absolute Gasteiger partial charge is 0.219 e. The van der Waals surface area contributed by atoms with E-state index in [2.05, 4.69) is 35.9 Å². The Morgan fingerprint density at radius 2 is 1.10 bits per heavy atom. The predicted molar refractivity (Wildman–Crippen MR) is 242 cm³/mol. The van der Waals surface area contributed by atoms with Gasteiger partial charge in [0.15, 0.2) is 23.0 Å². The average Bonchev–Trinajstić information content (AvgIpc) is 3.29. The first-order valence-corrected chi connectivity index (χ1v) is 21.5. The van der Waals surface area contributed by atoms with Gasteiger partial charge in [0.2, 0.25) is 5.91 Å². The van der Waals surface area contributed by atoms with Gasteiger partial charge in [-0.3, -0.25) is 4.79 Å². The minimum Gasteiger partial charge on any atom is -0.493 e. The molecule has 3 N–H and O–H groups in total. The molecule has 2 aliphatic rings. The Morgan fingerprint density at radius 1 is 0.651 bits per heavy atom. The van der Waals surface area contributed by atoms with Gasteiger partial charge in [0.05, 0.1) is 47.5 Å². The number of hydrogen-bond acceptors (Lipinski definition) is 12. The molecule has 8 rings (SSSR count). The molecule has 0 bridgehead atoms. The van der Waals surface area contributed by atoms with E-state index in [1.165, 1.54) is 36.9 Å². The van der Waals surface area contributed by atoms with Crippen molar-refractivity contribution >= 4 is 73.9 Å². The summed E-state index contributed by atoms with van der Waals surface area (Å²) < 4.78 is 50.7. The van der Waals surface area contributed by atoms with Crippen molar-refractivity contribution in [3.05, 3.63) is 95.0 Å². The van der Waals surface area contributed by atoms with Gasteiger partial charge in [0, 0.05) is 60.3 Å². The molecular weight excluding hydrogens is 853 g/mol. The Kier molecular flexibility index (Phi) is 14.8. The van der Waals surface area contributed by atoms with Crippen LogP contribution in [0.25, 0.3) is 21.8 Å². The van der Waals surface area contributed by atoms with Crippen molar-refractivity contribution in [3.8, 4) is 23.0 Å². The molecule has 6 aromatic rings. The van der Waals surface area contributed by atoms with Gasteiger partial charge in [0.1, 0.15) is 35.9 Å². The summed E-state index contributed by atoms with van der Waals surface area (Å²) in [5, 5.41) is 11.3. The van der Waals surface area contributed by atoms with Crippen LogP contribution in [0.15, 0.2) is 73.3 Å². The molecule has 0 aliphatic heterocycles. The van der Waals surface area contributed by atoms with Crippen molar-refractivity contribution in [2.24, 2.45) is 0 Å². The van der Waals surface area contributed by atoms with Crippen molar-refractivity contribution in [1.82, 2.24) is 30.2 Å². The molecule has 2 heterocycles. The lowest BCUT2D eigenvalue weighted by atomic mass is 9.92. The number of anilines is 4. The number of benzene rings is 4. The molecule has 63 heavy (non-hydrogen) atoms. The third-order valence-electron chi connectivity index (χ3n) is 11.6. The van der Waals surface area contributed by atoms with E-state index < -0.39 is 11.6 Å². The Balaban J connectivity index is 0.000000190. The minimum atomic E-state index is -0.487. The first-order chi connectivity index (χ1) is 30.4. The molecule has 2 aromatic heterocycles. The van der Waals surface area contributed by atoms with E-state index >= 15 is 0 Å². The van der Waals surface area contributed by atoms with Crippen molar-refractivity contribution < 1.29 is 32.5 Å². The van der Waals surface area contributed by atoms with E-state index in [9.17, 15) is 13.6 Å². The van der Waals surface area contributed by atoms with Gasteiger partial charge in [-0.1, -0.05) is 23.2 Å². The highest BCUT2D eigenvalue weighted by Crippen LogP contribution is 2.39. The molecule has 2 saturated carbocycles. The lowest BCUT2D eigenvalue weighted by Gasteiger charge is -2.34. The van der Waals surface area contributed by atoms with Gasteiger partial charge in [-0.2, -0.15) is 0 Å². The molecule has 0 radical (unpaired) electrons. The third kappa shape index (κ3) is 11.1. The number of halogens is 4. The van der Waals surface area contributed by atoms with Crippen molar-refractivity contribution in [2.45, 2.75) is 82.6 Å². The molecule has 13 nitrogen and oxygen atoms in total. The van der Waals surface area contributed by atoms with Crippen LogP contribution < -0.4 is 34.9 Å². The highest BCUT2D eigenvalue weighted by Gasteiger charge is 2.28. The molecule has 4 aromatic carbocycles. The highest BCUT2D eigenvalue weighted by molar-refractivity contribution is 6.31. The molecule has 0 unspecified atom stereocenters. The van der Waals surface area contributed by atoms with E-state index in [1.807, 2.05) is 43.3 Å². The minimum absolute atomic E-state index is 0.0184. The van der Waals surface area contributed by atoms with Crippen LogP contribution in [0.3, 0.4) is 0 Å². The maximum Gasteiger partial charge on any atom is 0.219 e. The summed E-state index contributed by atoms with van der Waals surface area (Å²) in [7, 11) is 7.06. The number of nitrogens with one attached hydrogen (secondary N) is 3. The second-order valence-corrected chi connectivity index (χ2v) is 16.4. The maximum atomic E-state index is 13.5. The first-order valence-electron chi connectivity index (χ1n) is 20.8. The molecule has 2 aliphatic carbocycles. The molecule has 0 atom stereocenters. The zero-order valence-corrected chi connectivity index (χ0v) is 37.2. The van der Waals surface area contributed by atoms with E-state index in [4.69, 9.17) is 42.1 Å². The van der Waals surface area contributed by atoms with Gasteiger partial charge in [0.25, 0.3) is 0 Å². The molecule has 332 valence electrons. The first kappa shape index (κ1) is 45.3. The number of rotatable bonds is 12. The molecule has 0 spiro atoms. The monoisotopic (exact) mass is 902 g/mol. The fourth-order valence-electron chi connectivity index (χ4n) is 7.89. The lowest BCUT2D eigenvalue weighted by Crippen LogP contribution is -2.40. The third-order valence-corrected chi connectivity index (χ3v) is 12.1. The van der Waals surface area contributed by atoms with E-state index in [-0.39, 0.29) is 34.2 Å². The topological polar surface area (TPSA) is 145 Å². The standard InChI is InChI=1S/C24H26ClFN4O3.C22H24ClFN4O2/c1-14(31)30(2)16-5-7-17(8-6-16)33-23-11-18-21(12-22(23)32-3)27-13-28-24(18)29-15-4-9-20(26)19(25)10-15;1-25-13-3-6-15(7-4-13)30-21-10-16-19(11-20(21)29-2)26-12-27-22(16)28-14-5-8-18(24)17(23)9-14/h4,9-13,16-17H,5-8H2,1-3H3,(H,27,28,29);5,8-13,15,25H,3-4,6-7H2,1-2H3,(H,26,27,28). The predicted octanol–water partition coefficient (Wildman–Crippen LogP) is 10.4. The van der Waals surface area contributed by atoms with Crippen molar-refractivity contribution in [3.63, 3.8) is 0 Å². The highest BCUT2D eigenvalue weighted by atomic mass is 35.5. The van der Waals surface area contributed by atoms with Crippen LogP contribution >= 0.6 is 23.2 Å². The zero-order valence-electron chi connectivity index (χ0n) is 35.7. The largest absolute Gasteiger partial charge is 0.493 e. The summed E-state index contributed by atoms with van der Waals surface area (Å²) in [6, 6.07) is 17.0. The lowest BCUT2D eigenvalue weighted by molar-refractivity contribution is -0.130. The van der Waals surface area contributed by atoms with Crippen LogP contribution in [0.5, 0.6) is 23.0 Å². The summed E-state index contributed by atoms with van der Waals surface area (Å²) >= 11 is 11.8. The molecule has 17 heteroatoms. The van der Waals surface area contributed by atoms with Crippen LogP contribution in [0.1, 0.15) is 58.3 Å². The summed E-state index contributed by atoms with van der Waals surface area (Å²) in [5.41, 5.74) is 2.62. The maximum absolute atomic E-state index is 13.5. The number of nitrogens with zero attached hydrogens (tertiary/aromatic N) is 5. The summed E-state index contributed by atoms with van der Waals surface area (Å²) in [6.07, 6.45) is 10.7. The van der Waals surface area contributed by atoms with Gasteiger partial charge < -0.3 is 39.8 Å². The van der Waals surface area contributed by atoms with Crippen LogP contribution in [-0.2, 0) is 4.79 Å². The second-order valence-electron chi connectivity index (χ2n) is 15.6. The number of ether oxygens (including phenoxy) is 4. The van der Waals surface area contributed by atoms with Crippen LogP contribution in [-0.4, -0.2) is 83.3 Å². The summed E-state index contributed by atoms with van der Waals surface area (Å²) in [5.74, 6) is 2.72. The number of carbonyl (C=O) groups excluding carboxylic acids is 1. The molecular formula is C46H50Cl2F2N8O5. The van der Waals surface area contributed by atoms with Crippen LogP contribution in [0.4, 0.5) is 31.8 Å². The van der Waals surface area contributed by atoms with Crippen molar-refractivity contribution in [1.29, 1.82) is 0 Å². The van der Waals surface area contributed by atoms with Gasteiger partial charge >= 0.3 is 0 Å². The van der Waals surface area contributed by atoms with Gasteiger partial charge in [-0.25, -0.2) is 28.7 Å². The van der Waals surface area contributed by atoms with Crippen LogP contribution in [0, 0.1) is 11.6 Å². The molecule has 2 fully saturated rings. The normalized spacial score (nSPS) is 18.5. The zero-order chi connectivity index (χ0) is 44.6. The summed E-state index contributed by atoms with van der Waals surface area (Å²) in [4.78, 5) is 30.9. The number of methoxy groups -OCH3 is 2. The van der Waals surface area contributed by atoms with E-state index in [0.29, 0.717) is 63.1 Å². The number of aromatic nitrogens is 4. The SMILES string of the molecule is CNC1CCC(Oc2cc3c(Nc4ccc(F)c(Cl)c4)ncnc3cc2OC)CC1.COc1cc2ncnc(Nc3ccc(F)c(Cl)c3)c2cc1OC1CCC(N(C)C(C)=O)CC1. The number of fused-ring (bicyclic) bond motifs is 2. The Hall–Kier alpha value is -5.77.